The van der Waals surface area contributed by atoms with Crippen LogP contribution in [0.4, 0.5) is 11.4 Å². The van der Waals surface area contributed by atoms with E-state index in [1.54, 1.807) is 26.0 Å². The quantitative estimate of drug-likeness (QED) is 0.458. The van der Waals surface area contributed by atoms with Crippen LogP contribution in [0.2, 0.25) is 0 Å². The molecule has 0 unspecified atom stereocenters. The lowest BCUT2D eigenvalue weighted by atomic mass is 10.1. The molecule has 0 saturated carbocycles. The first-order valence-corrected chi connectivity index (χ1v) is 8.14. The van der Waals surface area contributed by atoms with Crippen molar-refractivity contribution in [2.75, 3.05) is 26.6 Å². The molecule has 0 bridgehead atoms. The molecule has 1 amide bonds. The molecule has 28 heavy (non-hydrogen) atoms. The summed E-state index contributed by atoms with van der Waals surface area (Å²) < 4.78 is 15.1. The Morgan fingerprint density at radius 2 is 1.50 bits per heavy atom. The van der Waals surface area contributed by atoms with Gasteiger partial charge in [0.05, 0.1) is 37.5 Å². The molecule has 0 radical (unpaired) electrons. The molecule has 0 saturated heterocycles. The molecule has 2 rings (SSSR count). The number of amides is 1. The number of hydrogen-bond donors (Lipinski definition) is 1. The van der Waals surface area contributed by atoms with Crippen molar-refractivity contribution in [2.24, 2.45) is 0 Å². The van der Waals surface area contributed by atoms with Crippen LogP contribution < -0.4 is 14.8 Å². The molecule has 2 aromatic rings. The summed E-state index contributed by atoms with van der Waals surface area (Å²) in [5.41, 5.74) is 1.22. The van der Waals surface area contributed by atoms with Gasteiger partial charge in [-0.25, -0.2) is 4.79 Å². The van der Waals surface area contributed by atoms with Crippen molar-refractivity contribution < 1.29 is 28.7 Å². The van der Waals surface area contributed by atoms with Crippen molar-refractivity contribution in [3.8, 4) is 11.5 Å². The first kappa shape index (κ1) is 20.7. The van der Waals surface area contributed by atoms with Crippen molar-refractivity contribution in [1.29, 1.82) is 0 Å². The Kier molecular flexibility index (Phi) is 6.19. The van der Waals surface area contributed by atoms with Gasteiger partial charge in [0.25, 0.3) is 5.91 Å². The van der Waals surface area contributed by atoms with Gasteiger partial charge in [0, 0.05) is 6.07 Å². The van der Waals surface area contributed by atoms with Crippen molar-refractivity contribution in [1.82, 2.24) is 0 Å². The standard InChI is InChI=1S/C19H20N2O7/c1-10-7-13(19(23)28-5)16(26-3)14(8-10)20-18(22)12-6-11(2)9-15(21(24)25)17(12)27-4/h6-9H,1-5H3,(H,20,22). The number of hydrogen-bond acceptors (Lipinski definition) is 7. The Morgan fingerprint density at radius 1 is 0.929 bits per heavy atom. The molecule has 0 aliphatic carbocycles. The van der Waals surface area contributed by atoms with Gasteiger partial charge in [0.1, 0.15) is 5.56 Å². The molecular formula is C19H20N2O7. The van der Waals surface area contributed by atoms with Gasteiger partial charge in [0.15, 0.2) is 5.75 Å². The van der Waals surface area contributed by atoms with E-state index in [1.807, 2.05) is 0 Å². The summed E-state index contributed by atoms with van der Waals surface area (Å²) in [5, 5.41) is 13.9. The van der Waals surface area contributed by atoms with Crippen molar-refractivity contribution in [3.63, 3.8) is 0 Å². The number of nitro benzene ring substituents is 1. The molecule has 0 aliphatic heterocycles. The van der Waals surface area contributed by atoms with Crippen LogP contribution in [0, 0.1) is 24.0 Å². The maximum atomic E-state index is 12.9. The Balaban J connectivity index is 2.56. The van der Waals surface area contributed by atoms with Crippen LogP contribution in [0.15, 0.2) is 24.3 Å². The SMILES string of the molecule is COC(=O)c1cc(C)cc(NC(=O)c2cc(C)cc([N+](=O)[O-])c2OC)c1OC. The molecule has 9 heteroatoms. The number of carbonyl (C=O) groups excluding carboxylic acids is 2. The summed E-state index contributed by atoms with van der Waals surface area (Å²) in [6.07, 6.45) is 0. The van der Waals surface area contributed by atoms with Crippen LogP contribution in [-0.4, -0.2) is 38.1 Å². The van der Waals surface area contributed by atoms with Crippen molar-refractivity contribution in [2.45, 2.75) is 13.8 Å². The minimum Gasteiger partial charge on any atom is -0.494 e. The van der Waals surface area contributed by atoms with E-state index in [9.17, 15) is 19.7 Å². The molecule has 9 nitrogen and oxygen atoms in total. The van der Waals surface area contributed by atoms with E-state index >= 15 is 0 Å². The van der Waals surface area contributed by atoms with Crippen LogP contribution in [0.1, 0.15) is 31.8 Å². The zero-order valence-electron chi connectivity index (χ0n) is 16.1. The molecule has 0 spiro atoms. The highest BCUT2D eigenvalue weighted by atomic mass is 16.6. The van der Waals surface area contributed by atoms with Gasteiger partial charge < -0.3 is 19.5 Å². The average Bonchev–Trinajstić information content (AvgIpc) is 2.65. The molecular weight excluding hydrogens is 368 g/mol. The van der Waals surface area contributed by atoms with E-state index in [-0.39, 0.29) is 34.0 Å². The molecule has 0 fully saturated rings. The smallest absolute Gasteiger partial charge is 0.341 e. The third kappa shape index (κ3) is 4.03. The van der Waals surface area contributed by atoms with Crippen LogP contribution in [0.3, 0.4) is 0 Å². The second kappa shape index (κ2) is 8.38. The number of ether oxygens (including phenoxy) is 3. The van der Waals surface area contributed by atoms with Gasteiger partial charge in [-0.1, -0.05) is 0 Å². The molecule has 0 atom stereocenters. The summed E-state index contributed by atoms with van der Waals surface area (Å²) >= 11 is 0. The highest BCUT2D eigenvalue weighted by Gasteiger charge is 2.25. The van der Waals surface area contributed by atoms with E-state index in [0.29, 0.717) is 11.1 Å². The number of nitrogens with zero attached hydrogens (tertiary/aromatic N) is 1. The van der Waals surface area contributed by atoms with E-state index < -0.39 is 16.8 Å². The average molecular weight is 388 g/mol. The number of methoxy groups -OCH3 is 3. The summed E-state index contributed by atoms with van der Waals surface area (Å²) in [7, 11) is 3.83. The van der Waals surface area contributed by atoms with Gasteiger partial charge in [-0.3, -0.25) is 14.9 Å². The lowest BCUT2D eigenvalue weighted by molar-refractivity contribution is -0.385. The Bertz CT molecular complexity index is 954. The number of nitrogens with one attached hydrogen (secondary N) is 1. The minimum atomic E-state index is -0.650. The van der Waals surface area contributed by atoms with Gasteiger partial charge in [-0.05, 0) is 43.2 Å². The van der Waals surface area contributed by atoms with Crippen molar-refractivity contribution in [3.05, 3.63) is 56.6 Å². The molecule has 2 aromatic carbocycles. The van der Waals surface area contributed by atoms with E-state index in [2.05, 4.69) is 5.32 Å². The van der Waals surface area contributed by atoms with Gasteiger partial charge >= 0.3 is 11.7 Å². The fourth-order valence-corrected chi connectivity index (χ4v) is 2.81. The fraction of sp³-hybridized carbons (Fsp3) is 0.263. The second-order valence-electron chi connectivity index (χ2n) is 5.96. The Morgan fingerprint density at radius 3 is 2.04 bits per heavy atom. The van der Waals surface area contributed by atoms with Crippen LogP contribution in [-0.2, 0) is 4.74 Å². The molecule has 148 valence electrons. The normalized spacial score (nSPS) is 10.2. The number of esters is 1. The van der Waals surface area contributed by atoms with Crippen molar-refractivity contribution >= 4 is 23.3 Å². The number of benzene rings is 2. The van der Waals surface area contributed by atoms with Gasteiger partial charge in [0.2, 0.25) is 5.75 Å². The van der Waals surface area contributed by atoms with Gasteiger partial charge in [-0.15, -0.1) is 0 Å². The lowest BCUT2D eigenvalue weighted by Crippen LogP contribution is -2.16. The minimum absolute atomic E-state index is 0.0163. The number of nitro groups is 1. The second-order valence-corrected chi connectivity index (χ2v) is 5.96. The fourth-order valence-electron chi connectivity index (χ4n) is 2.81. The monoisotopic (exact) mass is 388 g/mol. The summed E-state index contributed by atoms with van der Waals surface area (Å²) in [5.74, 6) is -1.32. The van der Waals surface area contributed by atoms with Gasteiger partial charge in [-0.2, -0.15) is 0 Å². The first-order valence-electron chi connectivity index (χ1n) is 8.14. The third-order valence-corrected chi connectivity index (χ3v) is 3.95. The summed E-state index contributed by atoms with van der Waals surface area (Å²) in [6, 6.07) is 5.97. The number of carbonyl (C=O) groups is 2. The molecule has 0 aromatic heterocycles. The molecule has 0 aliphatic rings. The Labute approximate surface area is 161 Å². The zero-order chi connectivity index (χ0) is 21.0. The zero-order valence-corrected chi connectivity index (χ0v) is 16.1. The highest BCUT2D eigenvalue weighted by Crippen LogP contribution is 2.35. The van der Waals surface area contributed by atoms with E-state index in [0.717, 1.165) is 0 Å². The number of anilines is 1. The van der Waals surface area contributed by atoms with E-state index in [4.69, 9.17) is 14.2 Å². The first-order chi connectivity index (χ1) is 13.2. The highest BCUT2D eigenvalue weighted by molar-refractivity contribution is 6.09. The lowest BCUT2D eigenvalue weighted by Gasteiger charge is -2.16. The van der Waals surface area contributed by atoms with Crippen LogP contribution >= 0.6 is 0 Å². The maximum Gasteiger partial charge on any atom is 0.341 e. The van der Waals surface area contributed by atoms with Crippen LogP contribution in [0.25, 0.3) is 0 Å². The molecule has 1 N–H and O–H groups in total. The topological polar surface area (TPSA) is 117 Å². The predicted octanol–water partition coefficient (Wildman–Crippen LogP) is 3.27. The third-order valence-electron chi connectivity index (χ3n) is 3.95. The predicted molar refractivity (Wildman–Crippen MR) is 101 cm³/mol. The summed E-state index contributed by atoms with van der Waals surface area (Å²) in [4.78, 5) is 35.5. The number of rotatable bonds is 6. The van der Waals surface area contributed by atoms with Crippen LogP contribution in [0.5, 0.6) is 11.5 Å². The van der Waals surface area contributed by atoms with E-state index in [1.165, 1.54) is 33.5 Å². The molecule has 0 heterocycles. The largest absolute Gasteiger partial charge is 0.494 e. The Hall–Kier alpha value is -3.62. The maximum absolute atomic E-state index is 12.9. The number of aryl methyl sites for hydroxylation is 2. The summed E-state index contributed by atoms with van der Waals surface area (Å²) in [6.45, 7) is 3.37.